The first kappa shape index (κ1) is 10.7. The van der Waals surface area contributed by atoms with Gasteiger partial charge in [0.1, 0.15) is 5.82 Å². The Morgan fingerprint density at radius 2 is 2.06 bits per heavy atom. The van der Waals surface area contributed by atoms with Crippen LogP contribution in [0.2, 0.25) is 5.02 Å². The Hall–Kier alpha value is -1.81. The molecule has 0 saturated heterocycles. The first-order valence-corrected chi connectivity index (χ1v) is 4.83. The number of carbonyl (C=O) groups is 1. The second kappa shape index (κ2) is 3.98. The molecule has 82 valence electrons. The highest BCUT2D eigenvalue weighted by molar-refractivity contribution is 6.30. The van der Waals surface area contributed by atoms with Gasteiger partial charge >= 0.3 is 5.97 Å². The zero-order valence-corrected chi connectivity index (χ0v) is 8.75. The minimum atomic E-state index is -1.11. The number of rotatable bonds is 2. The van der Waals surface area contributed by atoms with E-state index < -0.39 is 11.8 Å². The number of aromatic nitrogens is 1. The molecule has 5 heteroatoms. The van der Waals surface area contributed by atoms with Crippen LogP contribution >= 0.6 is 11.6 Å². The molecule has 3 nitrogen and oxygen atoms in total. The van der Waals surface area contributed by atoms with Gasteiger partial charge in [0.05, 0.1) is 5.56 Å². The first-order chi connectivity index (χ1) is 7.59. The average Bonchev–Trinajstić information content (AvgIpc) is 2.66. The standard InChI is InChI=1S/C11H7ClFNO2/c12-6-1-2-7(10(13)3-6)8-4-14-5-9(8)11(15)16/h1-5,14H,(H,15,16). The zero-order chi connectivity index (χ0) is 11.7. The third kappa shape index (κ3) is 1.79. The number of aromatic amines is 1. The molecule has 1 heterocycles. The number of carboxylic acid groups (broad SMARTS) is 1. The lowest BCUT2D eigenvalue weighted by Crippen LogP contribution is -1.96. The fourth-order valence-electron chi connectivity index (χ4n) is 1.47. The van der Waals surface area contributed by atoms with Gasteiger partial charge in [-0.1, -0.05) is 11.6 Å². The lowest BCUT2D eigenvalue weighted by atomic mass is 10.0. The van der Waals surface area contributed by atoms with E-state index in [-0.39, 0.29) is 16.1 Å². The molecule has 0 radical (unpaired) electrons. The molecule has 2 rings (SSSR count). The van der Waals surface area contributed by atoms with Crippen LogP contribution in [0.4, 0.5) is 4.39 Å². The highest BCUT2D eigenvalue weighted by Crippen LogP contribution is 2.28. The summed E-state index contributed by atoms with van der Waals surface area (Å²) < 4.78 is 13.6. The van der Waals surface area contributed by atoms with Crippen LogP contribution in [0.25, 0.3) is 11.1 Å². The monoisotopic (exact) mass is 239 g/mol. The van der Waals surface area contributed by atoms with Crippen LogP contribution in [-0.4, -0.2) is 16.1 Å². The molecule has 0 bridgehead atoms. The van der Waals surface area contributed by atoms with Crippen LogP contribution in [0.1, 0.15) is 10.4 Å². The van der Waals surface area contributed by atoms with E-state index in [1.165, 1.54) is 24.5 Å². The van der Waals surface area contributed by atoms with Crippen molar-refractivity contribution in [3.8, 4) is 11.1 Å². The van der Waals surface area contributed by atoms with Gasteiger partial charge < -0.3 is 10.1 Å². The Morgan fingerprint density at radius 3 is 2.69 bits per heavy atom. The molecule has 0 saturated carbocycles. The first-order valence-electron chi connectivity index (χ1n) is 4.45. The van der Waals surface area contributed by atoms with Crippen molar-refractivity contribution in [2.45, 2.75) is 0 Å². The molecule has 0 aliphatic carbocycles. The van der Waals surface area contributed by atoms with Gasteiger partial charge in [0.15, 0.2) is 0 Å². The Balaban J connectivity index is 2.59. The molecule has 16 heavy (non-hydrogen) atoms. The number of benzene rings is 1. The highest BCUT2D eigenvalue weighted by atomic mass is 35.5. The van der Waals surface area contributed by atoms with Crippen molar-refractivity contribution in [2.75, 3.05) is 0 Å². The van der Waals surface area contributed by atoms with Crippen LogP contribution in [0.5, 0.6) is 0 Å². The van der Waals surface area contributed by atoms with E-state index in [0.717, 1.165) is 6.07 Å². The van der Waals surface area contributed by atoms with Gasteiger partial charge in [-0.05, 0) is 18.2 Å². The number of nitrogens with one attached hydrogen (secondary N) is 1. The molecule has 0 spiro atoms. The number of halogens is 2. The number of hydrogen-bond donors (Lipinski definition) is 2. The number of H-pyrrole nitrogens is 1. The smallest absolute Gasteiger partial charge is 0.337 e. The number of aromatic carboxylic acids is 1. The normalized spacial score (nSPS) is 10.4. The predicted molar refractivity (Wildman–Crippen MR) is 58.2 cm³/mol. The quantitative estimate of drug-likeness (QED) is 0.846. The minimum Gasteiger partial charge on any atom is -0.478 e. The van der Waals surface area contributed by atoms with E-state index in [1.807, 2.05) is 0 Å². The van der Waals surface area contributed by atoms with Crippen molar-refractivity contribution in [2.24, 2.45) is 0 Å². The fraction of sp³-hybridized carbons (Fsp3) is 0. The van der Waals surface area contributed by atoms with E-state index in [9.17, 15) is 9.18 Å². The van der Waals surface area contributed by atoms with E-state index in [1.54, 1.807) is 0 Å². The van der Waals surface area contributed by atoms with Crippen molar-refractivity contribution < 1.29 is 14.3 Å². The van der Waals surface area contributed by atoms with Crippen LogP contribution < -0.4 is 0 Å². The fourth-order valence-corrected chi connectivity index (χ4v) is 1.63. The van der Waals surface area contributed by atoms with Crippen molar-refractivity contribution in [1.82, 2.24) is 4.98 Å². The summed E-state index contributed by atoms with van der Waals surface area (Å²) in [6.45, 7) is 0. The van der Waals surface area contributed by atoms with E-state index in [4.69, 9.17) is 16.7 Å². The predicted octanol–water partition coefficient (Wildman–Crippen LogP) is 3.17. The average molecular weight is 240 g/mol. The van der Waals surface area contributed by atoms with E-state index in [2.05, 4.69) is 4.98 Å². The summed E-state index contributed by atoms with van der Waals surface area (Å²) in [5.74, 6) is -1.65. The van der Waals surface area contributed by atoms with Gasteiger partial charge in [-0.25, -0.2) is 9.18 Å². The highest BCUT2D eigenvalue weighted by Gasteiger charge is 2.15. The largest absolute Gasteiger partial charge is 0.478 e. The van der Waals surface area contributed by atoms with Crippen LogP contribution in [0.3, 0.4) is 0 Å². The van der Waals surface area contributed by atoms with Crippen LogP contribution in [0.15, 0.2) is 30.6 Å². The summed E-state index contributed by atoms with van der Waals surface area (Å²) in [6, 6.07) is 4.11. The van der Waals surface area contributed by atoms with Gasteiger partial charge in [0.25, 0.3) is 0 Å². The maximum atomic E-state index is 13.6. The van der Waals surface area contributed by atoms with Crippen LogP contribution in [-0.2, 0) is 0 Å². The number of hydrogen-bond acceptors (Lipinski definition) is 1. The van der Waals surface area contributed by atoms with Crippen molar-refractivity contribution in [1.29, 1.82) is 0 Å². The molecule has 2 aromatic rings. The van der Waals surface area contributed by atoms with E-state index in [0.29, 0.717) is 5.56 Å². The molecule has 0 fully saturated rings. The molecule has 2 N–H and O–H groups in total. The molecule has 0 atom stereocenters. The maximum Gasteiger partial charge on any atom is 0.337 e. The summed E-state index contributed by atoms with van der Waals surface area (Å²) in [6.07, 6.45) is 2.75. The zero-order valence-electron chi connectivity index (χ0n) is 8.00. The lowest BCUT2D eigenvalue weighted by Gasteiger charge is -2.02. The molecule has 0 aliphatic rings. The third-order valence-corrected chi connectivity index (χ3v) is 2.43. The van der Waals surface area contributed by atoms with E-state index >= 15 is 0 Å². The third-order valence-electron chi connectivity index (χ3n) is 2.20. The molecule has 1 aromatic carbocycles. The minimum absolute atomic E-state index is 0.0289. The molecular weight excluding hydrogens is 233 g/mol. The van der Waals surface area contributed by atoms with Gasteiger partial charge in [-0.15, -0.1) is 0 Å². The van der Waals surface area contributed by atoms with Gasteiger partial charge in [0.2, 0.25) is 0 Å². The Morgan fingerprint density at radius 1 is 1.31 bits per heavy atom. The SMILES string of the molecule is O=C(O)c1c[nH]cc1-c1ccc(Cl)cc1F. The van der Waals surface area contributed by atoms with Gasteiger partial charge in [-0.2, -0.15) is 0 Å². The Kier molecular flexibility index (Phi) is 2.66. The number of carboxylic acids is 1. The second-order valence-electron chi connectivity index (χ2n) is 3.21. The van der Waals surface area contributed by atoms with Crippen molar-refractivity contribution in [3.05, 3.63) is 47.0 Å². The maximum absolute atomic E-state index is 13.6. The van der Waals surface area contributed by atoms with Crippen LogP contribution in [0, 0.1) is 5.82 Å². The summed E-state index contributed by atoms with van der Waals surface area (Å²) >= 11 is 5.62. The Labute approximate surface area is 95.5 Å². The van der Waals surface area contributed by atoms with Crippen molar-refractivity contribution >= 4 is 17.6 Å². The second-order valence-corrected chi connectivity index (χ2v) is 3.65. The van der Waals surface area contributed by atoms with Gasteiger partial charge in [-0.3, -0.25) is 0 Å². The summed E-state index contributed by atoms with van der Waals surface area (Å²) in [7, 11) is 0. The van der Waals surface area contributed by atoms with Crippen molar-refractivity contribution in [3.63, 3.8) is 0 Å². The molecular formula is C11H7ClFNO2. The van der Waals surface area contributed by atoms with Gasteiger partial charge in [0, 0.05) is 28.5 Å². The topological polar surface area (TPSA) is 53.1 Å². The summed E-state index contributed by atoms with van der Waals surface area (Å²) in [4.78, 5) is 13.5. The molecule has 1 aromatic heterocycles. The molecule has 0 amide bonds. The summed E-state index contributed by atoms with van der Waals surface area (Å²) in [5, 5.41) is 9.16. The lowest BCUT2D eigenvalue weighted by molar-refractivity contribution is 0.0698. The molecule has 0 aliphatic heterocycles. The molecule has 0 unspecified atom stereocenters. The summed E-state index contributed by atoms with van der Waals surface area (Å²) in [5.41, 5.74) is 0.547. The Bertz CT molecular complexity index is 551.